The lowest BCUT2D eigenvalue weighted by Gasteiger charge is -2.25. The van der Waals surface area contributed by atoms with E-state index in [4.69, 9.17) is 14.4 Å². The molecule has 112 valence electrons. The van der Waals surface area contributed by atoms with Gasteiger partial charge < -0.3 is 19.3 Å². The first-order chi connectivity index (χ1) is 9.70. The second kappa shape index (κ2) is 7.37. The van der Waals surface area contributed by atoms with Gasteiger partial charge >= 0.3 is 0 Å². The molecule has 0 unspecified atom stereocenters. The molecule has 0 spiro atoms. The second-order valence-corrected chi connectivity index (χ2v) is 4.87. The maximum atomic E-state index is 12.0. The van der Waals surface area contributed by atoms with Gasteiger partial charge in [0, 0.05) is 39.4 Å². The number of morpholine rings is 1. The number of aromatic nitrogens is 1. The Balaban J connectivity index is 1.88. The first-order valence-corrected chi connectivity index (χ1v) is 6.82. The van der Waals surface area contributed by atoms with Gasteiger partial charge in [-0.3, -0.25) is 9.69 Å². The zero-order valence-electron chi connectivity index (χ0n) is 11.7. The molecule has 1 aromatic rings. The van der Waals surface area contributed by atoms with Crippen molar-refractivity contribution in [3.05, 3.63) is 17.5 Å². The van der Waals surface area contributed by atoms with Crippen molar-refractivity contribution in [2.45, 2.75) is 13.0 Å². The molecule has 0 saturated carbocycles. The Morgan fingerprint density at radius 1 is 1.50 bits per heavy atom. The van der Waals surface area contributed by atoms with Crippen LogP contribution >= 0.6 is 0 Å². The molecule has 0 atom stereocenters. The Bertz CT molecular complexity index is 429. The summed E-state index contributed by atoms with van der Waals surface area (Å²) in [4.78, 5) is 15.8. The third-order valence-corrected chi connectivity index (χ3v) is 3.26. The summed E-state index contributed by atoms with van der Waals surface area (Å²) in [5.41, 5.74) is 0.314. The van der Waals surface area contributed by atoms with Crippen molar-refractivity contribution in [3.8, 4) is 0 Å². The average Bonchev–Trinajstić information content (AvgIpc) is 2.93. The standard InChI is InChI=1S/C13H21N3O4/c1-15(3-2-6-17)13(18)12-9-11(20-14-12)10-16-4-7-19-8-5-16/h9,17H,2-8,10H2,1H3. The number of rotatable bonds is 6. The number of amides is 1. The first kappa shape index (κ1) is 15.0. The minimum atomic E-state index is -0.185. The Hall–Kier alpha value is -1.44. The smallest absolute Gasteiger partial charge is 0.275 e. The fraction of sp³-hybridized carbons (Fsp3) is 0.692. The van der Waals surface area contributed by atoms with Gasteiger partial charge in [-0.15, -0.1) is 0 Å². The summed E-state index contributed by atoms with van der Waals surface area (Å²) in [7, 11) is 1.69. The van der Waals surface area contributed by atoms with Crippen LogP contribution in [0.4, 0.5) is 0 Å². The van der Waals surface area contributed by atoms with Crippen LogP contribution in [0.15, 0.2) is 10.6 Å². The highest BCUT2D eigenvalue weighted by molar-refractivity contribution is 5.92. The van der Waals surface area contributed by atoms with Gasteiger partial charge in [0.2, 0.25) is 0 Å². The fourth-order valence-electron chi connectivity index (χ4n) is 2.07. The van der Waals surface area contributed by atoms with Gasteiger partial charge in [-0.25, -0.2) is 0 Å². The number of carbonyl (C=O) groups is 1. The van der Waals surface area contributed by atoms with Gasteiger partial charge in [0.05, 0.1) is 19.8 Å². The van der Waals surface area contributed by atoms with Crippen LogP contribution in [0.1, 0.15) is 22.7 Å². The van der Waals surface area contributed by atoms with Crippen molar-refractivity contribution in [1.29, 1.82) is 0 Å². The van der Waals surface area contributed by atoms with Crippen molar-refractivity contribution in [2.24, 2.45) is 0 Å². The van der Waals surface area contributed by atoms with Gasteiger partial charge in [-0.1, -0.05) is 5.16 Å². The zero-order valence-corrected chi connectivity index (χ0v) is 11.7. The first-order valence-electron chi connectivity index (χ1n) is 6.82. The molecule has 1 N–H and O–H groups in total. The van der Waals surface area contributed by atoms with Crippen LogP contribution in [-0.4, -0.2) is 72.5 Å². The monoisotopic (exact) mass is 283 g/mol. The van der Waals surface area contributed by atoms with E-state index < -0.39 is 0 Å². The molecule has 1 fully saturated rings. The zero-order chi connectivity index (χ0) is 14.4. The van der Waals surface area contributed by atoms with E-state index in [0.717, 1.165) is 26.3 Å². The maximum absolute atomic E-state index is 12.0. The molecule has 0 radical (unpaired) electrons. The average molecular weight is 283 g/mol. The highest BCUT2D eigenvalue weighted by atomic mass is 16.5. The molecule has 1 saturated heterocycles. The van der Waals surface area contributed by atoms with Crippen LogP contribution in [0.5, 0.6) is 0 Å². The molecule has 1 aliphatic heterocycles. The summed E-state index contributed by atoms with van der Waals surface area (Å²) < 4.78 is 10.5. The molecule has 0 aliphatic carbocycles. The summed E-state index contributed by atoms with van der Waals surface area (Å²) in [6.07, 6.45) is 0.556. The third-order valence-electron chi connectivity index (χ3n) is 3.26. The van der Waals surface area contributed by atoms with Crippen LogP contribution in [0.2, 0.25) is 0 Å². The van der Waals surface area contributed by atoms with E-state index in [1.54, 1.807) is 13.1 Å². The fourth-order valence-corrected chi connectivity index (χ4v) is 2.07. The number of hydrogen-bond donors (Lipinski definition) is 1. The molecule has 2 heterocycles. The lowest BCUT2D eigenvalue weighted by Crippen LogP contribution is -2.35. The van der Waals surface area contributed by atoms with E-state index in [1.165, 1.54) is 4.90 Å². The predicted octanol–water partition coefficient (Wildman–Crippen LogP) is -0.0388. The SMILES string of the molecule is CN(CCCO)C(=O)c1cc(CN2CCOCC2)on1. The molecule has 1 amide bonds. The molecule has 7 heteroatoms. The van der Waals surface area contributed by atoms with Crippen LogP contribution in [-0.2, 0) is 11.3 Å². The predicted molar refractivity (Wildman–Crippen MR) is 71.3 cm³/mol. The van der Waals surface area contributed by atoms with Crippen molar-refractivity contribution in [3.63, 3.8) is 0 Å². The molecular formula is C13H21N3O4. The third kappa shape index (κ3) is 4.03. The molecule has 0 bridgehead atoms. The minimum Gasteiger partial charge on any atom is -0.396 e. The van der Waals surface area contributed by atoms with Crippen LogP contribution in [0.25, 0.3) is 0 Å². The lowest BCUT2D eigenvalue weighted by molar-refractivity contribution is 0.0305. The van der Waals surface area contributed by atoms with Gasteiger partial charge in [0.1, 0.15) is 0 Å². The highest BCUT2D eigenvalue weighted by Crippen LogP contribution is 2.10. The number of aliphatic hydroxyl groups is 1. The molecule has 1 aromatic heterocycles. The summed E-state index contributed by atoms with van der Waals surface area (Å²) >= 11 is 0. The normalized spacial score (nSPS) is 16.3. The maximum Gasteiger partial charge on any atom is 0.275 e. The number of aliphatic hydroxyl groups excluding tert-OH is 1. The van der Waals surface area contributed by atoms with E-state index in [1.807, 2.05) is 0 Å². The molecule has 2 rings (SSSR count). The molecule has 0 aromatic carbocycles. The topological polar surface area (TPSA) is 79.0 Å². The number of hydrogen-bond acceptors (Lipinski definition) is 6. The Labute approximate surface area is 118 Å². The molecule has 7 nitrogen and oxygen atoms in total. The van der Waals surface area contributed by atoms with Crippen molar-refractivity contribution < 1.29 is 19.2 Å². The largest absolute Gasteiger partial charge is 0.396 e. The Kier molecular flexibility index (Phi) is 5.51. The van der Waals surface area contributed by atoms with E-state index in [0.29, 0.717) is 31.0 Å². The Morgan fingerprint density at radius 2 is 2.25 bits per heavy atom. The van der Waals surface area contributed by atoms with Gasteiger partial charge in [-0.2, -0.15) is 0 Å². The van der Waals surface area contributed by atoms with E-state index in [9.17, 15) is 4.79 Å². The molecular weight excluding hydrogens is 262 g/mol. The quantitative estimate of drug-likeness (QED) is 0.789. The van der Waals surface area contributed by atoms with E-state index in [2.05, 4.69) is 10.1 Å². The van der Waals surface area contributed by atoms with Crippen LogP contribution in [0.3, 0.4) is 0 Å². The summed E-state index contributed by atoms with van der Waals surface area (Å²) in [6.45, 7) is 4.39. The summed E-state index contributed by atoms with van der Waals surface area (Å²) in [6, 6.07) is 1.69. The number of nitrogens with zero attached hydrogens (tertiary/aromatic N) is 3. The van der Waals surface area contributed by atoms with Crippen molar-refractivity contribution in [1.82, 2.24) is 15.0 Å². The van der Waals surface area contributed by atoms with E-state index in [-0.39, 0.29) is 12.5 Å². The minimum absolute atomic E-state index is 0.0682. The summed E-state index contributed by atoms with van der Waals surface area (Å²) in [5, 5.41) is 12.6. The molecule has 1 aliphatic rings. The van der Waals surface area contributed by atoms with Gasteiger partial charge in [-0.05, 0) is 6.42 Å². The van der Waals surface area contributed by atoms with Gasteiger partial charge in [0.15, 0.2) is 11.5 Å². The highest BCUT2D eigenvalue weighted by Gasteiger charge is 2.18. The lowest BCUT2D eigenvalue weighted by atomic mass is 10.3. The van der Waals surface area contributed by atoms with E-state index >= 15 is 0 Å². The number of carbonyl (C=O) groups excluding carboxylic acids is 1. The molecule has 20 heavy (non-hydrogen) atoms. The second-order valence-electron chi connectivity index (χ2n) is 4.87. The summed E-state index contributed by atoms with van der Waals surface area (Å²) in [5.74, 6) is 0.501. The van der Waals surface area contributed by atoms with Crippen LogP contribution < -0.4 is 0 Å². The van der Waals surface area contributed by atoms with Gasteiger partial charge in [0.25, 0.3) is 5.91 Å². The Morgan fingerprint density at radius 3 is 2.95 bits per heavy atom. The van der Waals surface area contributed by atoms with Crippen molar-refractivity contribution in [2.75, 3.05) is 46.5 Å². The van der Waals surface area contributed by atoms with Crippen LogP contribution in [0, 0.1) is 0 Å². The number of ether oxygens (including phenoxy) is 1. The van der Waals surface area contributed by atoms with Crippen molar-refractivity contribution >= 4 is 5.91 Å².